The monoisotopic (exact) mass is 366 g/mol. The molecule has 132 valence electrons. The molecular weight excluding hydrogens is 348 g/mol. The van der Waals surface area contributed by atoms with E-state index < -0.39 is 0 Å². The van der Waals surface area contributed by atoms with Crippen LogP contribution in [-0.4, -0.2) is 24.5 Å². The molecule has 0 saturated carbocycles. The zero-order valence-corrected chi connectivity index (χ0v) is 15.3. The Balaban J connectivity index is 1.76. The molecule has 1 atom stereocenters. The number of ether oxygens (including phenoxy) is 2. The number of hydrogen-bond donors (Lipinski definition) is 1. The van der Waals surface area contributed by atoms with Gasteiger partial charge in [0.2, 0.25) is 5.91 Å². The molecule has 6 heteroatoms. The molecule has 2 heterocycles. The summed E-state index contributed by atoms with van der Waals surface area (Å²) in [4.78, 5) is 13.4. The quantitative estimate of drug-likeness (QED) is 0.748. The Morgan fingerprint density at radius 2 is 1.85 bits per heavy atom. The fourth-order valence-corrected chi connectivity index (χ4v) is 4.18. The van der Waals surface area contributed by atoms with Crippen LogP contribution in [0.3, 0.4) is 0 Å². The van der Waals surface area contributed by atoms with Crippen molar-refractivity contribution >= 4 is 23.1 Å². The number of carbonyl (C=O) groups is 1. The smallest absolute Gasteiger partial charge is 0.225 e. The van der Waals surface area contributed by atoms with Gasteiger partial charge < -0.3 is 14.8 Å². The van der Waals surface area contributed by atoms with Crippen molar-refractivity contribution in [1.82, 2.24) is 4.37 Å². The summed E-state index contributed by atoms with van der Waals surface area (Å²) in [6.07, 6.45) is 0.407. The minimum absolute atomic E-state index is 0.000261. The Bertz CT molecular complexity index is 950. The van der Waals surface area contributed by atoms with E-state index in [1.54, 1.807) is 14.2 Å². The van der Waals surface area contributed by atoms with E-state index in [4.69, 9.17) is 9.47 Å². The maximum atomic E-state index is 12.4. The van der Waals surface area contributed by atoms with Crippen LogP contribution >= 0.6 is 11.5 Å². The summed E-state index contributed by atoms with van der Waals surface area (Å²) in [6, 6.07) is 15.6. The molecule has 0 saturated heterocycles. The van der Waals surface area contributed by atoms with Crippen LogP contribution in [0.4, 0.5) is 5.69 Å². The highest BCUT2D eigenvalue weighted by molar-refractivity contribution is 7.07. The first kappa shape index (κ1) is 16.6. The first-order valence-electron chi connectivity index (χ1n) is 8.27. The highest BCUT2D eigenvalue weighted by Crippen LogP contribution is 2.45. The number of hydrogen-bond acceptors (Lipinski definition) is 5. The zero-order valence-electron chi connectivity index (χ0n) is 14.5. The Morgan fingerprint density at radius 3 is 2.58 bits per heavy atom. The summed E-state index contributed by atoms with van der Waals surface area (Å²) in [5, 5.41) is 3.01. The normalized spacial score (nSPS) is 15.9. The van der Waals surface area contributed by atoms with E-state index in [0.29, 0.717) is 6.42 Å². The van der Waals surface area contributed by atoms with Crippen molar-refractivity contribution < 1.29 is 14.3 Å². The Labute approximate surface area is 155 Å². The number of aromatic nitrogens is 1. The third kappa shape index (κ3) is 2.93. The van der Waals surface area contributed by atoms with E-state index in [1.165, 1.54) is 11.5 Å². The van der Waals surface area contributed by atoms with Gasteiger partial charge in [0.25, 0.3) is 0 Å². The lowest BCUT2D eigenvalue weighted by Crippen LogP contribution is -2.22. The largest absolute Gasteiger partial charge is 0.497 e. The first-order chi connectivity index (χ1) is 12.7. The van der Waals surface area contributed by atoms with E-state index in [2.05, 4.69) is 9.69 Å². The Morgan fingerprint density at radius 1 is 1.08 bits per heavy atom. The summed E-state index contributed by atoms with van der Waals surface area (Å²) in [7, 11) is 3.28. The predicted molar refractivity (Wildman–Crippen MR) is 102 cm³/mol. The van der Waals surface area contributed by atoms with Crippen LogP contribution in [0.15, 0.2) is 48.5 Å². The molecule has 1 N–H and O–H groups in total. The molecule has 0 bridgehead atoms. The number of nitrogens with one attached hydrogen (secondary N) is 1. The zero-order chi connectivity index (χ0) is 18.1. The number of benzene rings is 2. The molecule has 1 aromatic heterocycles. The molecule has 5 nitrogen and oxygen atoms in total. The lowest BCUT2D eigenvalue weighted by atomic mass is 9.89. The van der Waals surface area contributed by atoms with Crippen LogP contribution in [0.2, 0.25) is 0 Å². The fraction of sp³-hybridized carbons (Fsp3) is 0.200. The Hall–Kier alpha value is -2.86. The van der Waals surface area contributed by atoms with Crippen molar-refractivity contribution in [2.75, 3.05) is 19.5 Å². The lowest BCUT2D eigenvalue weighted by molar-refractivity contribution is -0.116. The maximum absolute atomic E-state index is 12.4. The first-order valence-corrected chi connectivity index (χ1v) is 9.04. The molecule has 1 amide bonds. The summed E-state index contributed by atoms with van der Waals surface area (Å²) in [5.74, 6) is 1.56. The number of amides is 1. The van der Waals surface area contributed by atoms with Gasteiger partial charge in [-0.1, -0.05) is 12.1 Å². The van der Waals surface area contributed by atoms with E-state index in [1.807, 2.05) is 48.5 Å². The van der Waals surface area contributed by atoms with Crippen molar-refractivity contribution in [1.29, 1.82) is 0 Å². The molecule has 3 aromatic rings. The molecule has 0 aliphatic carbocycles. The highest BCUT2D eigenvalue weighted by atomic mass is 32.1. The SMILES string of the molecule is COc1ccc(-c2nsc3c2NC(=O)CC3c2cccc(OC)c2)cc1. The molecule has 0 radical (unpaired) electrons. The van der Waals surface area contributed by atoms with E-state index >= 15 is 0 Å². The van der Waals surface area contributed by atoms with Crippen LogP contribution in [0.1, 0.15) is 22.8 Å². The lowest BCUT2D eigenvalue weighted by Gasteiger charge is -2.23. The van der Waals surface area contributed by atoms with Crippen LogP contribution in [0.5, 0.6) is 11.5 Å². The van der Waals surface area contributed by atoms with Gasteiger partial charge in [0.15, 0.2) is 0 Å². The van der Waals surface area contributed by atoms with E-state index in [0.717, 1.165) is 38.9 Å². The number of anilines is 1. The molecule has 1 unspecified atom stereocenters. The van der Waals surface area contributed by atoms with Crippen LogP contribution in [0.25, 0.3) is 11.3 Å². The van der Waals surface area contributed by atoms with Gasteiger partial charge in [-0.15, -0.1) is 0 Å². The minimum atomic E-state index is -0.0154. The van der Waals surface area contributed by atoms with Crippen molar-refractivity contribution in [3.8, 4) is 22.8 Å². The molecule has 2 aromatic carbocycles. The van der Waals surface area contributed by atoms with Crippen molar-refractivity contribution in [2.45, 2.75) is 12.3 Å². The summed E-state index contributed by atoms with van der Waals surface area (Å²) in [5.41, 5.74) is 3.62. The van der Waals surface area contributed by atoms with E-state index in [-0.39, 0.29) is 11.8 Å². The third-order valence-electron chi connectivity index (χ3n) is 4.55. The van der Waals surface area contributed by atoms with Gasteiger partial charge in [-0.25, -0.2) is 0 Å². The molecular formula is C20H18N2O3S. The van der Waals surface area contributed by atoms with Gasteiger partial charge in [-0.05, 0) is 53.5 Å². The number of rotatable bonds is 4. The van der Waals surface area contributed by atoms with Crippen LogP contribution in [-0.2, 0) is 4.79 Å². The number of carbonyl (C=O) groups excluding carboxylic acids is 1. The highest BCUT2D eigenvalue weighted by Gasteiger charge is 2.31. The standard InChI is InChI=1S/C20H18N2O3S/c1-24-14-8-6-12(7-9-14)18-19-20(26-22-18)16(11-17(23)21-19)13-4-3-5-15(10-13)25-2/h3-10,16H,11H2,1-2H3,(H,21,23). The molecule has 1 aliphatic heterocycles. The summed E-state index contributed by atoms with van der Waals surface area (Å²) >= 11 is 1.44. The van der Waals surface area contributed by atoms with Crippen LogP contribution in [0, 0.1) is 0 Å². The molecule has 1 aliphatic rings. The third-order valence-corrected chi connectivity index (χ3v) is 5.51. The van der Waals surface area contributed by atoms with Crippen molar-refractivity contribution in [3.63, 3.8) is 0 Å². The van der Waals surface area contributed by atoms with Gasteiger partial charge in [0, 0.05) is 17.9 Å². The molecule has 0 spiro atoms. The molecule has 0 fully saturated rings. The number of nitrogens with zero attached hydrogens (tertiary/aromatic N) is 1. The van der Waals surface area contributed by atoms with Crippen LogP contribution < -0.4 is 14.8 Å². The molecule has 26 heavy (non-hydrogen) atoms. The minimum Gasteiger partial charge on any atom is -0.497 e. The van der Waals surface area contributed by atoms with Gasteiger partial charge in [0.05, 0.1) is 24.8 Å². The second kappa shape index (κ2) is 6.80. The van der Waals surface area contributed by atoms with Crippen molar-refractivity contribution in [2.24, 2.45) is 0 Å². The number of methoxy groups -OCH3 is 2. The fourth-order valence-electron chi connectivity index (χ4n) is 3.20. The average Bonchev–Trinajstić information content (AvgIpc) is 3.11. The average molecular weight is 366 g/mol. The summed E-state index contributed by atoms with van der Waals surface area (Å²) in [6.45, 7) is 0. The van der Waals surface area contributed by atoms with Crippen molar-refractivity contribution in [3.05, 3.63) is 59.0 Å². The topological polar surface area (TPSA) is 60.5 Å². The Kier molecular flexibility index (Phi) is 4.34. The number of fused-ring (bicyclic) bond motifs is 1. The van der Waals surface area contributed by atoms with Gasteiger partial charge in [-0.3, -0.25) is 4.79 Å². The van der Waals surface area contributed by atoms with Gasteiger partial charge in [0.1, 0.15) is 17.2 Å². The summed E-state index contributed by atoms with van der Waals surface area (Å²) < 4.78 is 15.2. The van der Waals surface area contributed by atoms with Gasteiger partial charge >= 0.3 is 0 Å². The second-order valence-electron chi connectivity index (χ2n) is 6.08. The predicted octanol–water partition coefficient (Wildman–Crippen LogP) is 4.30. The maximum Gasteiger partial charge on any atom is 0.225 e. The van der Waals surface area contributed by atoms with E-state index in [9.17, 15) is 4.79 Å². The molecule has 4 rings (SSSR count). The van der Waals surface area contributed by atoms with Gasteiger partial charge in [-0.2, -0.15) is 4.37 Å². The second-order valence-corrected chi connectivity index (χ2v) is 6.89.